The molecule has 0 atom stereocenters. The Morgan fingerprint density at radius 3 is 2.60 bits per heavy atom. The highest BCUT2D eigenvalue weighted by molar-refractivity contribution is 5.80. The van der Waals surface area contributed by atoms with Crippen molar-refractivity contribution < 1.29 is 14.3 Å². The zero-order valence-electron chi connectivity index (χ0n) is 12.1. The quantitative estimate of drug-likeness (QED) is 0.611. The number of aryl methyl sites for hydroxylation is 1. The van der Waals surface area contributed by atoms with Crippen molar-refractivity contribution in [3.63, 3.8) is 0 Å². The van der Waals surface area contributed by atoms with Crippen molar-refractivity contribution in [3.8, 4) is 0 Å². The van der Waals surface area contributed by atoms with Crippen LogP contribution in [0.2, 0.25) is 0 Å². The van der Waals surface area contributed by atoms with Crippen molar-refractivity contribution in [1.82, 2.24) is 10.2 Å². The standard InChI is InChI=1S/C15H22N2O3/c1-3-20-14(18)12-17(2)15(19)16-11-7-10-13-8-5-4-6-9-13/h4-6,8-9H,3,7,10-12H2,1-2H3,(H,16,19). The molecule has 2 amide bonds. The Bertz CT molecular complexity index is 420. The zero-order valence-corrected chi connectivity index (χ0v) is 12.1. The van der Waals surface area contributed by atoms with Gasteiger partial charge in [0.1, 0.15) is 6.54 Å². The highest BCUT2D eigenvalue weighted by atomic mass is 16.5. The summed E-state index contributed by atoms with van der Waals surface area (Å²) in [5.74, 6) is -0.394. The second-order valence-electron chi connectivity index (χ2n) is 4.48. The highest BCUT2D eigenvalue weighted by Gasteiger charge is 2.12. The molecular weight excluding hydrogens is 256 g/mol. The molecule has 1 N–H and O–H groups in total. The number of hydrogen-bond acceptors (Lipinski definition) is 3. The van der Waals surface area contributed by atoms with E-state index in [9.17, 15) is 9.59 Å². The Morgan fingerprint density at radius 1 is 1.25 bits per heavy atom. The summed E-state index contributed by atoms with van der Waals surface area (Å²) in [7, 11) is 1.57. The summed E-state index contributed by atoms with van der Waals surface area (Å²) in [5.41, 5.74) is 1.25. The van der Waals surface area contributed by atoms with Crippen LogP contribution in [-0.4, -0.2) is 43.6 Å². The zero-order chi connectivity index (χ0) is 14.8. The van der Waals surface area contributed by atoms with Gasteiger partial charge in [0, 0.05) is 13.6 Å². The molecule has 0 radical (unpaired) electrons. The second-order valence-corrected chi connectivity index (χ2v) is 4.48. The van der Waals surface area contributed by atoms with Crippen LogP contribution in [0.3, 0.4) is 0 Å². The Morgan fingerprint density at radius 2 is 1.95 bits per heavy atom. The van der Waals surface area contributed by atoms with Crippen LogP contribution < -0.4 is 5.32 Å². The SMILES string of the molecule is CCOC(=O)CN(C)C(=O)NCCCc1ccccc1. The number of ether oxygens (including phenoxy) is 1. The Hall–Kier alpha value is -2.04. The number of benzene rings is 1. The molecule has 0 saturated carbocycles. The molecule has 1 aromatic carbocycles. The average molecular weight is 278 g/mol. The Kier molecular flexibility index (Phi) is 7.17. The molecule has 0 aliphatic carbocycles. The number of carbonyl (C=O) groups is 2. The molecule has 0 saturated heterocycles. The molecule has 0 heterocycles. The summed E-state index contributed by atoms with van der Waals surface area (Å²) in [4.78, 5) is 24.3. The lowest BCUT2D eigenvalue weighted by molar-refractivity contribution is -0.143. The molecule has 110 valence electrons. The van der Waals surface area contributed by atoms with Crippen LogP contribution in [0.1, 0.15) is 18.9 Å². The predicted molar refractivity (Wildman–Crippen MR) is 77.4 cm³/mol. The summed E-state index contributed by atoms with van der Waals surface area (Å²) in [6.07, 6.45) is 1.78. The molecule has 5 nitrogen and oxygen atoms in total. The van der Waals surface area contributed by atoms with E-state index in [1.807, 2.05) is 18.2 Å². The number of carbonyl (C=O) groups excluding carboxylic acids is 2. The van der Waals surface area contributed by atoms with Gasteiger partial charge in [-0.15, -0.1) is 0 Å². The van der Waals surface area contributed by atoms with E-state index >= 15 is 0 Å². The van der Waals surface area contributed by atoms with E-state index in [0.717, 1.165) is 12.8 Å². The highest BCUT2D eigenvalue weighted by Crippen LogP contribution is 2.01. The van der Waals surface area contributed by atoms with Crippen molar-refractivity contribution in [2.75, 3.05) is 26.7 Å². The molecule has 0 unspecified atom stereocenters. The molecule has 1 aromatic rings. The van der Waals surface area contributed by atoms with Crippen LogP contribution in [0, 0.1) is 0 Å². The summed E-state index contributed by atoms with van der Waals surface area (Å²) in [5, 5.41) is 2.78. The minimum Gasteiger partial charge on any atom is -0.465 e. The number of nitrogens with zero attached hydrogens (tertiary/aromatic N) is 1. The molecular formula is C15H22N2O3. The molecule has 20 heavy (non-hydrogen) atoms. The lowest BCUT2D eigenvalue weighted by atomic mass is 10.1. The maximum atomic E-state index is 11.7. The summed E-state index contributed by atoms with van der Waals surface area (Å²) in [6.45, 7) is 2.62. The van der Waals surface area contributed by atoms with Gasteiger partial charge in [0.25, 0.3) is 0 Å². The van der Waals surface area contributed by atoms with Crippen molar-refractivity contribution in [3.05, 3.63) is 35.9 Å². The van der Waals surface area contributed by atoms with Gasteiger partial charge in [-0.1, -0.05) is 30.3 Å². The summed E-state index contributed by atoms with van der Waals surface area (Å²) < 4.78 is 4.79. The van der Waals surface area contributed by atoms with Gasteiger partial charge in [-0.25, -0.2) is 4.79 Å². The number of hydrogen-bond donors (Lipinski definition) is 1. The van der Waals surface area contributed by atoms with E-state index in [4.69, 9.17) is 4.74 Å². The van der Waals surface area contributed by atoms with Gasteiger partial charge in [-0.05, 0) is 25.3 Å². The van der Waals surface area contributed by atoms with E-state index in [1.165, 1.54) is 10.5 Å². The maximum Gasteiger partial charge on any atom is 0.325 e. The van der Waals surface area contributed by atoms with E-state index in [-0.39, 0.29) is 12.6 Å². The van der Waals surface area contributed by atoms with Crippen LogP contribution in [-0.2, 0) is 16.0 Å². The molecule has 0 spiro atoms. The summed E-state index contributed by atoms with van der Waals surface area (Å²) >= 11 is 0. The number of esters is 1. The first-order chi connectivity index (χ1) is 9.63. The molecule has 5 heteroatoms. The Balaban J connectivity index is 2.17. The molecule has 0 fully saturated rings. The van der Waals surface area contributed by atoms with Gasteiger partial charge in [0.2, 0.25) is 0 Å². The first-order valence-corrected chi connectivity index (χ1v) is 6.82. The molecule has 1 rings (SSSR count). The van der Waals surface area contributed by atoms with Crippen LogP contribution in [0.25, 0.3) is 0 Å². The fourth-order valence-electron chi connectivity index (χ4n) is 1.74. The molecule has 0 bridgehead atoms. The van der Waals surface area contributed by atoms with E-state index in [0.29, 0.717) is 13.2 Å². The van der Waals surface area contributed by atoms with Gasteiger partial charge in [0.15, 0.2) is 0 Å². The fraction of sp³-hybridized carbons (Fsp3) is 0.467. The third-order valence-electron chi connectivity index (χ3n) is 2.78. The number of rotatable bonds is 7. The first kappa shape index (κ1) is 16.0. The van der Waals surface area contributed by atoms with Gasteiger partial charge in [0.05, 0.1) is 6.61 Å². The lowest BCUT2D eigenvalue weighted by Gasteiger charge is -2.16. The molecule has 0 aromatic heterocycles. The lowest BCUT2D eigenvalue weighted by Crippen LogP contribution is -2.41. The van der Waals surface area contributed by atoms with Crippen molar-refractivity contribution in [1.29, 1.82) is 0 Å². The van der Waals surface area contributed by atoms with Gasteiger partial charge in [-0.2, -0.15) is 0 Å². The topological polar surface area (TPSA) is 58.6 Å². The van der Waals surface area contributed by atoms with Crippen LogP contribution >= 0.6 is 0 Å². The smallest absolute Gasteiger partial charge is 0.325 e. The maximum absolute atomic E-state index is 11.7. The molecule has 0 aliphatic heterocycles. The fourth-order valence-corrected chi connectivity index (χ4v) is 1.74. The second kappa shape index (κ2) is 8.96. The number of nitrogens with one attached hydrogen (secondary N) is 1. The van der Waals surface area contributed by atoms with Crippen LogP contribution in [0.15, 0.2) is 30.3 Å². The minimum absolute atomic E-state index is 0.0294. The van der Waals surface area contributed by atoms with Crippen molar-refractivity contribution >= 4 is 12.0 Å². The van der Waals surface area contributed by atoms with Crippen LogP contribution in [0.4, 0.5) is 4.79 Å². The number of amides is 2. The minimum atomic E-state index is -0.394. The molecule has 0 aliphatic rings. The number of urea groups is 1. The van der Waals surface area contributed by atoms with Gasteiger partial charge in [-0.3, -0.25) is 4.79 Å². The van der Waals surface area contributed by atoms with Crippen molar-refractivity contribution in [2.24, 2.45) is 0 Å². The van der Waals surface area contributed by atoms with Crippen molar-refractivity contribution in [2.45, 2.75) is 19.8 Å². The van der Waals surface area contributed by atoms with Gasteiger partial charge < -0.3 is 15.0 Å². The van der Waals surface area contributed by atoms with Gasteiger partial charge >= 0.3 is 12.0 Å². The third kappa shape index (κ3) is 6.22. The van der Waals surface area contributed by atoms with Crippen LogP contribution in [0.5, 0.6) is 0 Å². The normalized spacial score (nSPS) is 9.90. The predicted octanol–water partition coefficient (Wildman–Crippen LogP) is 1.82. The van der Waals surface area contributed by atoms with E-state index < -0.39 is 5.97 Å². The Labute approximate surface area is 119 Å². The third-order valence-corrected chi connectivity index (χ3v) is 2.78. The van der Waals surface area contributed by atoms with E-state index in [1.54, 1.807) is 14.0 Å². The first-order valence-electron chi connectivity index (χ1n) is 6.82. The monoisotopic (exact) mass is 278 g/mol. The number of likely N-dealkylation sites (N-methyl/N-ethyl adjacent to an activating group) is 1. The average Bonchev–Trinajstić information content (AvgIpc) is 2.44. The largest absolute Gasteiger partial charge is 0.465 e. The van der Waals surface area contributed by atoms with E-state index in [2.05, 4.69) is 17.4 Å². The summed E-state index contributed by atoms with van der Waals surface area (Å²) in [6, 6.07) is 9.85.